The van der Waals surface area contributed by atoms with E-state index in [1.54, 1.807) is 6.07 Å². The maximum atomic E-state index is 12.3. The van der Waals surface area contributed by atoms with Crippen LogP contribution < -0.4 is 5.32 Å². The largest absolute Gasteiger partial charge is 0.345 e. The van der Waals surface area contributed by atoms with Crippen LogP contribution in [0.5, 0.6) is 0 Å². The molecule has 0 bridgehead atoms. The van der Waals surface area contributed by atoms with Crippen LogP contribution in [0.1, 0.15) is 46.3 Å². The number of carbonyl (C=O) groups excluding carboxylic acids is 1. The zero-order chi connectivity index (χ0) is 19.1. The Morgan fingerprint density at radius 1 is 1.25 bits per heavy atom. The summed E-state index contributed by atoms with van der Waals surface area (Å²) in [6, 6.07) is 11.2. The fraction of sp³-hybridized carbons (Fsp3) is 0.250. The molecule has 4 aromatic rings. The van der Waals surface area contributed by atoms with Gasteiger partial charge in [-0.15, -0.1) is 10.2 Å². The molecule has 1 N–H and O–H groups in total. The average Bonchev–Trinajstić information content (AvgIpc) is 3.30. The molecule has 0 aliphatic heterocycles. The van der Waals surface area contributed by atoms with E-state index in [1.165, 1.54) is 0 Å². The molecule has 28 heavy (non-hydrogen) atoms. The third-order valence-corrected chi connectivity index (χ3v) is 4.80. The smallest absolute Gasteiger partial charge is 0.258 e. The minimum atomic E-state index is -0.143. The zero-order valence-corrected chi connectivity index (χ0v) is 15.3. The van der Waals surface area contributed by atoms with Gasteiger partial charge >= 0.3 is 0 Å². The first-order chi connectivity index (χ1) is 13.7. The van der Waals surface area contributed by atoms with Crippen LogP contribution in [0.4, 0.5) is 0 Å². The zero-order valence-electron chi connectivity index (χ0n) is 15.3. The van der Waals surface area contributed by atoms with Crippen molar-refractivity contribution in [2.75, 3.05) is 0 Å². The Morgan fingerprint density at radius 2 is 2.14 bits per heavy atom. The number of aromatic nitrogens is 5. The second-order valence-electron chi connectivity index (χ2n) is 7.04. The minimum Gasteiger partial charge on any atom is -0.345 e. The van der Waals surface area contributed by atoms with Gasteiger partial charge in [0.2, 0.25) is 0 Å². The quantitative estimate of drug-likeness (QED) is 0.577. The molecule has 3 heterocycles. The first-order valence-electron chi connectivity index (χ1n) is 9.20. The Balaban J connectivity index is 1.34. The molecular formula is C20H18N6O2. The topological polar surface area (TPSA) is 98.2 Å². The van der Waals surface area contributed by atoms with Crippen LogP contribution in [-0.2, 0) is 6.54 Å². The Morgan fingerprint density at radius 3 is 2.96 bits per heavy atom. The van der Waals surface area contributed by atoms with Gasteiger partial charge in [0.15, 0.2) is 17.3 Å². The van der Waals surface area contributed by atoms with Crippen LogP contribution in [0, 0.1) is 6.92 Å². The minimum absolute atomic E-state index is 0.143. The molecular weight excluding hydrogens is 356 g/mol. The number of nitrogens with one attached hydrogen (secondary N) is 1. The number of nitrogens with zero attached hydrogens (tertiary/aromatic N) is 5. The highest BCUT2D eigenvalue weighted by atomic mass is 16.5. The van der Waals surface area contributed by atoms with Crippen molar-refractivity contribution in [1.82, 2.24) is 30.1 Å². The highest BCUT2D eigenvalue weighted by molar-refractivity contribution is 5.94. The van der Waals surface area contributed by atoms with Crippen LogP contribution in [0.2, 0.25) is 0 Å². The lowest BCUT2D eigenvalue weighted by Crippen LogP contribution is -2.24. The molecule has 0 radical (unpaired) electrons. The molecule has 1 aliphatic rings. The lowest BCUT2D eigenvalue weighted by atomic mass is 10.1. The summed E-state index contributed by atoms with van der Waals surface area (Å²) in [5.74, 6) is 2.21. The summed E-state index contributed by atoms with van der Waals surface area (Å²) in [6.07, 6.45) is 4.10. The average molecular weight is 374 g/mol. The number of carbonyl (C=O) groups is 1. The predicted octanol–water partition coefficient (Wildman–Crippen LogP) is 2.90. The van der Waals surface area contributed by atoms with Crippen molar-refractivity contribution in [3.8, 4) is 11.5 Å². The predicted molar refractivity (Wildman–Crippen MR) is 101 cm³/mol. The fourth-order valence-electron chi connectivity index (χ4n) is 3.10. The first-order valence-corrected chi connectivity index (χ1v) is 9.20. The van der Waals surface area contributed by atoms with E-state index >= 15 is 0 Å². The van der Waals surface area contributed by atoms with E-state index in [0.717, 1.165) is 29.8 Å². The highest BCUT2D eigenvalue weighted by Gasteiger charge is 2.29. The summed E-state index contributed by atoms with van der Waals surface area (Å²) in [7, 11) is 0. The first kappa shape index (κ1) is 16.6. The third kappa shape index (κ3) is 3.13. The second kappa shape index (κ2) is 6.56. The molecule has 1 aliphatic carbocycles. The maximum Gasteiger partial charge on any atom is 0.258 e. The van der Waals surface area contributed by atoms with Crippen molar-refractivity contribution in [3.05, 3.63) is 65.4 Å². The van der Waals surface area contributed by atoms with Gasteiger partial charge in [-0.1, -0.05) is 22.9 Å². The molecule has 8 nitrogen and oxygen atoms in total. The van der Waals surface area contributed by atoms with Crippen LogP contribution >= 0.6 is 0 Å². The van der Waals surface area contributed by atoms with Crippen molar-refractivity contribution < 1.29 is 9.32 Å². The molecule has 1 saturated carbocycles. The van der Waals surface area contributed by atoms with Crippen molar-refractivity contribution in [2.45, 2.75) is 32.2 Å². The maximum absolute atomic E-state index is 12.3. The van der Waals surface area contributed by atoms with Crippen molar-refractivity contribution in [2.24, 2.45) is 0 Å². The summed E-state index contributed by atoms with van der Waals surface area (Å²) in [5.41, 5.74) is 3.12. The number of benzene rings is 1. The summed E-state index contributed by atoms with van der Waals surface area (Å²) >= 11 is 0. The van der Waals surface area contributed by atoms with Gasteiger partial charge in [-0.25, -0.2) is 0 Å². The van der Waals surface area contributed by atoms with Gasteiger partial charge in [0.1, 0.15) is 0 Å². The summed E-state index contributed by atoms with van der Waals surface area (Å²) in [4.78, 5) is 16.8. The van der Waals surface area contributed by atoms with Gasteiger partial charge in [-0.05, 0) is 44.0 Å². The Kier molecular flexibility index (Phi) is 3.89. The number of hydrogen-bond acceptors (Lipinski definition) is 6. The molecule has 0 saturated heterocycles. The summed E-state index contributed by atoms with van der Waals surface area (Å²) < 4.78 is 7.20. The number of rotatable bonds is 5. The number of fused-ring (bicyclic) bond motifs is 1. The lowest BCUT2D eigenvalue weighted by molar-refractivity contribution is 0.0949. The van der Waals surface area contributed by atoms with Gasteiger partial charge in [0, 0.05) is 23.2 Å². The SMILES string of the molecule is Cc1cccc(C(=O)NCc2nnc3cc(-c4nc(C5CC5)no4)ccn23)c1. The Bertz CT molecular complexity index is 1170. The Hall–Kier alpha value is -3.55. The van der Waals surface area contributed by atoms with Gasteiger partial charge in [-0.3, -0.25) is 9.20 Å². The van der Waals surface area contributed by atoms with Crippen LogP contribution in [-0.4, -0.2) is 30.6 Å². The number of pyridine rings is 1. The molecule has 8 heteroatoms. The van der Waals surface area contributed by atoms with E-state index in [9.17, 15) is 4.79 Å². The Labute approximate surface area is 160 Å². The van der Waals surface area contributed by atoms with E-state index in [0.29, 0.717) is 28.8 Å². The summed E-state index contributed by atoms with van der Waals surface area (Å²) in [5, 5.41) is 15.3. The molecule has 1 amide bonds. The molecule has 0 atom stereocenters. The van der Waals surface area contributed by atoms with Gasteiger partial charge in [-0.2, -0.15) is 4.98 Å². The standard InChI is InChI=1S/C20H18N6O2/c1-12-3-2-4-14(9-12)19(27)21-11-17-24-23-16-10-15(7-8-26(16)17)20-22-18(25-28-20)13-5-6-13/h2-4,7-10,13H,5-6,11H2,1H3,(H,21,27). The molecule has 1 fully saturated rings. The van der Waals surface area contributed by atoms with E-state index < -0.39 is 0 Å². The molecule has 1 aromatic carbocycles. The number of hydrogen-bond donors (Lipinski definition) is 1. The second-order valence-corrected chi connectivity index (χ2v) is 7.04. The van der Waals surface area contributed by atoms with Crippen molar-refractivity contribution in [3.63, 3.8) is 0 Å². The highest BCUT2D eigenvalue weighted by Crippen LogP contribution is 2.38. The molecule has 3 aromatic heterocycles. The lowest BCUT2D eigenvalue weighted by Gasteiger charge is -2.05. The van der Waals surface area contributed by atoms with E-state index in [-0.39, 0.29) is 12.5 Å². The van der Waals surface area contributed by atoms with Crippen LogP contribution in [0.15, 0.2) is 47.1 Å². The van der Waals surface area contributed by atoms with Crippen LogP contribution in [0.3, 0.4) is 0 Å². The number of amides is 1. The summed E-state index contributed by atoms with van der Waals surface area (Å²) in [6.45, 7) is 2.23. The molecule has 5 rings (SSSR count). The molecule has 0 unspecified atom stereocenters. The normalized spacial score (nSPS) is 13.8. The number of aryl methyl sites for hydroxylation is 1. The van der Waals surface area contributed by atoms with E-state index in [2.05, 4.69) is 25.7 Å². The molecule has 140 valence electrons. The van der Waals surface area contributed by atoms with Crippen LogP contribution in [0.25, 0.3) is 17.1 Å². The third-order valence-electron chi connectivity index (χ3n) is 4.80. The van der Waals surface area contributed by atoms with E-state index in [4.69, 9.17) is 4.52 Å². The van der Waals surface area contributed by atoms with Gasteiger partial charge in [0.05, 0.1) is 6.54 Å². The van der Waals surface area contributed by atoms with Gasteiger partial charge < -0.3 is 9.84 Å². The monoisotopic (exact) mass is 374 g/mol. The van der Waals surface area contributed by atoms with E-state index in [1.807, 2.05) is 47.9 Å². The fourth-order valence-corrected chi connectivity index (χ4v) is 3.10. The van der Waals surface area contributed by atoms with Crippen molar-refractivity contribution >= 4 is 11.6 Å². The van der Waals surface area contributed by atoms with Crippen molar-refractivity contribution in [1.29, 1.82) is 0 Å². The molecule has 0 spiro atoms. The van der Waals surface area contributed by atoms with Gasteiger partial charge in [0.25, 0.3) is 11.8 Å².